The molecule has 1 saturated carbocycles. The first-order chi connectivity index (χ1) is 13.4. The minimum Gasteiger partial charge on any atom is -0.366 e. The number of amides is 1. The number of benzene rings is 1. The molecule has 1 amide bonds. The summed E-state index contributed by atoms with van der Waals surface area (Å²) in [5.74, 6) is 0.720. The van der Waals surface area contributed by atoms with Crippen LogP contribution in [-0.2, 0) is 19.6 Å². The van der Waals surface area contributed by atoms with Crippen LogP contribution in [0.25, 0.3) is 0 Å². The molecule has 1 aromatic rings. The van der Waals surface area contributed by atoms with Crippen molar-refractivity contribution < 1.29 is 17.9 Å². The Balaban J connectivity index is 1.38. The number of carbonyl (C=O) groups excluding carboxylic acids is 1. The zero-order chi connectivity index (χ0) is 19.7. The molecule has 4 rings (SSSR count). The summed E-state index contributed by atoms with van der Waals surface area (Å²) in [6, 6.07) is 6.38. The Hall–Kier alpha value is -1.19. The Morgan fingerprint density at radius 2 is 1.82 bits per heavy atom. The number of morpholine rings is 1. The standard InChI is InChI=1S/C19H26ClN3O4S/c20-16-3-1-2-4-18(16)28(25,26)23-11-12-27-17(14-23)19(24)22-9-7-21(8-10-22)13-15-5-6-15/h1-4,15,17H,5-14H2/t17-/m1/s1. The number of hydrogen-bond acceptors (Lipinski definition) is 5. The molecule has 2 aliphatic heterocycles. The van der Waals surface area contributed by atoms with Crippen LogP contribution in [-0.4, -0.2) is 87.0 Å². The van der Waals surface area contributed by atoms with E-state index in [9.17, 15) is 13.2 Å². The van der Waals surface area contributed by atoms with Crippen molar-refractivity contribution >= 4 is 27.5 Å². The van der Waals surface area contributed by atoms with Crippen LogP contribution < -0.4 is 0 Å². The molecule has 1 aliphatic carbocycles. The van der Waals surface area contributed by atoms with Gasteiger partial charge in [-0.15, -0.1) is 0 Å². The maximum atomic E-state index is 13.0. The van der Waals surface area contributed by atoms with Gasteiger partial charge in [0.1, 0.15) is 11.0 Å². The first kappa shape index (κ1) is 20.1. The Bertz CT molecular complexity index is 822. The van der Waals surface area contributed by atoms with Gasteiger partial charge in [0.05, 0.1) is 11.6 Å². The van der Waals surface area contributed by atoms with Gasteiger partial charge in [-0.3, -0.25) is 9.69 Å². The van der Waals surface area contributed by atoms with Crippen molar-refractivity contribution in [1.82, 2.24) is 14.1 Å². The van der Waals surface area contributed by atoms with E-state index < -0.39 is 16.1 Å². The van der Waals surface area contributed by atoms with Gasteiger partial charge in [0.2, 0.25) is 10.0 Å². The fourth-order valence-corrected chi connectivity index (χ4v) is 5.72. The van der Waals surface area contributed by atoms with Crippen molar-refractivity contribution in [2.24, 2.45) is 5.92 Å². The number of carbonyl (C=O) groups is 1. The number of halogens is 1. The molecular formula is C19H26ClN3O4S. The molecule has 1 atom stereocenters. The van der Waals surface area contributed by atoms with Crippen molar-refractivity contribution in [2.75, 3.05) is 52.4 Å². The van der Waals surface area contributed by atoms with Crippen LogP contribution in [0.4, 0.5) is 0 Å². The topological polar surface area (TPSA) is 70.2 Å². The van der Waals surface area contributed by atoms with E-state index in [0.717, 1.165) is 25.6 Å². The molecule has 3 fully saturated rings. The molecule has 2 saturated heterocycles. The summed E-state index contributed by atoms with van der Waals surface area (Å²) in [6.45, 7) is 4.65. The third kappa shape index (κ3) is 4.36. The molecule has 0 N–H and O–H groups in total. The van der Waals surface area contributed by atoms with Crippen LogP contribution in [0.1, 0.15) is 12.8 Å². The van der Waals surface area contributed by atoms with E-state index in [0.29, 0.717) is 13.1 Å². The maximum Gasteiger partial charge on any atom is 0.253 e. The number of ether oxygens (including phenoxy) is 1. The first-order valence-electron chi connectivity index (χ1n) is 9.82. The second-order valence-electron chi connectivity index (χ2n) is 7.72. The van der Waals surface area contributed by atoms with Crippen LogP contribution in [0.2, 0.25) is 5.02 Å². The van der Waals surface area contributed by atoms with E-state index in [1.54, 1.807) is 23.1 Å². The van der Waals surface area contributed by atoms with Crippen LogP contribution in [0, 0.1) is 5.92 Å². The van der Waals surface area contributed by atoms with Gasteiger partial charge in [-0.1, -0.05) is 23.7 Å². The molecule has 0 unspecified atom stereocenters. The fraction of sp³-hybridized carbons (Fsp3) is 0.632. The van der Waals surface area contributed by atoms with Gasteiger partial charge in [-0.2, -0.15) is 4.31 Å². The Morgan fingerprint density at radius 1 is 1.11 bits per heavy atom. The lowest BCUT2D eigenvalue weighted by Crippen LogP contribution is -2.56. The molecule has 28 heavy (non-hydrogen) atoms. The van der Waals surface area contributed by atoms with Crippen LogP contribution >= 0.6 is 11.6 Å². The van der Waals surface area contributed by atoms with Gasteiger partial charge >= 0.3 is 0 Å². The minimum atomic E-state index is -3.76. The molecule has 0 spiro atoms. The predicted octanol–water partition coefficient (Wildman–Crippen LogP) is 1.28. The first-order valence-corrected chi connectivity index (χ1v) is 11.6. The molecule has 7 nitrogen and oxygen atoms in total. The number of hydrogen-bond donors (Lipinski definition) is 0. The number of sulfonamides is 1. The van der Waals surface area contributed by atoms with Crippen molar-refractivity contribution in [3.8, 4) is 0 Å². The molecule has 2 heterocycles. The third-order valence-corrected chi connectivity index (χ3v) is 8.02. The zero-order valence-electron chi connectivity index (χ0n) is 15.8. The van der Waals surface area contributed by atoms with Crippen LogP contribution in [0.15, 0.2) is 29.2 Å². The molecule has 1 aromatic carbocycles. The summed E-state index contributed by atoms with van der Waals surface area (Å²) >= 11 is 6.09. The fourth-order valence-electron chi connectivity index (χ4n) is 3.81. The average Bonchev–Trinajstić information content (AvgIpc) is 3.52. The second kappa shape index (κ2) is 8.28. The lowest BCUT2D eigenvalue weighted by atomic mass is 10.2. The summed E-state index contributed by atoms with van der Waals surface area (Å²) in [5.41, 5.74) is 0. The second-order valence-corrected chi connectivity index (χ2v) is 10.0. The molecule has 9 heteroatoms. The van der Waals surface area contributed by atoms with Crippen LogP contribution in [0.5, 0.6) is 0 Å². The minimum absolute atomic E-state index is 0.0225. The third-order valence-electron chi connectivity index (χ3n) is 5.66. The smallest absolute Gasteiger partial charge is 0.253 e. The van der Waals surface area contributed by atoms with Crippen molar-refractivity contribution in [3.63, 3.8) is 0 Å². The number of piperazine rings is 1. The summed E-state index contributed by atoms with van der Waals surface area (Å²) in [4.78, 5) is 17.2. The highest BCUT2D eigenvalue weighted by Crippen LogP contribution is 2.30. The zero-order valence-corrected chi connectivity index (χ0v) is 17.4. The van der Waals surface area contributed by atoms with Crippen LogP contribution in [0.3, 0.4) is 0 Å². The highest BCUT2D eigenvalue weighted by atomic mass is 35.5. The highest BCUT2D eigenvalue weighted by molar-refractivity contribution is 7.89. The SMILES string of the molecule is O=C([C@H]1CN(S(=O)(=O)c2ccccc2Cl)CCO1)N1CCN(CC2CC2)CC1. The summed E-state index contributed by atoms with van der Waals surface area (Å²) in [7, 11) is -3.76. The van der Waals surface area contributed by atoms with Gasteiger partial charge in [0, 0.05) is 45.8 Å². The lowest BCUT2D eigenvalue weighted by molar-refractivity contribution is -0.149. The maximum absolute atomic E-state index is 13.0. The summed E-state index contributed by atoms with van der Waals surface area (Å²) < 4.78 is 32.9. The van der Waals surface area contributed by atoms with Gasteiger partial charge in [0.15, 0.2) is 0 Å². The quantitative estimate of drug-likeness (QED) is 0.708. The number of rotatable bonds is 5. The van der Waals surface area contributed by atoms with Gasteiger partial charge < -0.3 is 9.64 Å². The van der Waals surface area contributed by atoms with E-state index in [2.05, 4.69) is 4.90 Å². The highest BCUT2D eigenvalue weighted by Gasteiger charge is 2.37. The predicted molar refractivity (Wildman–Crippen MR) is 106 cm³/mol. The molecule has 0 aromatic heterocycles. The Kier molecular flexibility index (Phi) is 5.94. The lowest BCUT2D eigenvalue weighted by Gasteiger charge is -2.38. The average molecular weight is 428 g/mol. The summed E-state index contributed by atoms with van der Waals surface area (Å²) in [6.07, 6.45) is 1.89. The van der Waals surface area contributed by atoms with Crippen molar-refractivity contribution in [3.05, 3.63) is 29.3 Å². The molecular weight excluding hydrogens is 402 g/mol. The molecule has 3 aliphatic rings. The van der Waals surface area contributed by atoms with E-state index in [1.165, 1.54) is 23.2 Å². The Morgan fingerprint density at radius 3 is 2.50 bits per heavy atom. The van der Waals surface area contributed by atoms with E-state index in [-0.39, 0.29) is 35.5 Å². The number of nitrogens with zero attached hydrogens (tertiary/aromatic N) is 3. The monoisotopic (exact) mass is 427 g/mol. The molecule has 0 radical (unpaired) electrons. The summed E-state index contributed by atoms with van der Waals surface area (Å²) in [5, 5.41) is 0.184. The van der Waals surface area contributed by atoms with E-state index in [4.69, 9.17) is 16.3 Å². The van der Waals surface area contributed by atoms with Gasteiger partial charge in [0.25, 0.3) is 5.91 Å². The normalized spacial score (nSPS) is 25.0. The largest absolute Gasteiger partial charge is 0.366 e. The van der Waals surface area contributed by atoms with Crippen molar-refractivity contribution in [1.29, 1.82) is 0 Å². The molecule has 0 bridgehead atoms. The van der Waals surface area contributed by atoms with Gasteiger partial charge in [-0.25, -0.2) is 8.42 Å². The Labute approximate surface area is 171 Å². The van der Waals surface area contributed by atoms with E-state index >= 15 is 0 Å². The van der Waals surface area contributed by atoms with Gasteiger partial charge in [-0.05, 0) is 30.9 Å². The van der Waals surface area contributed by atoms with E-state index in [1.807, 2.05) is 0 Å². The molecule has 154 valence electrons. The van der Waals surface area contributed by atoms with Crippen molar-refractivity contribution in [2.45, 2.75) is 23.8 Å².